The van der Waals surface area contributed by atoms with E-state index in [4.69, 9.17) is 4.74 Å². The van der Waals surface area contributed by atoms with E-state index in [1.54, 1.807) is 7.11 Å². The van der Waals surface area contributed by atoms with E-state index in [1.807, 2.05) is 0 Å². The van der Waals surface area contributed by atoms with E-state index in [0.29, 0.717) is 0 Å². The summed E-state index contributed by atoms with van der Waals surface area (Å²) < 4.78 is 5.64. The maximum absolute atomic E-state index is 5.64. The molecule has 4 aromatic rings. The van der Waals surface area contributed by atoms with Crippen molar-refractivity contribution < 1.29 is 4.74 Å². The number of benzene rings is 4. The van der Waals surface area contributed by atoms with E-state index >= 15 is 0 Å². The van der Waals surface area contributed by atoms with E-state index in [9.17, 15) is 0 Å². The van der Waals surface area contributed by atoms with Gasteiger partial charge in [-0.15, -0.1) is 0 Å². The molecule has 0 atom stereocenters. The van der Waals surface area contributed by atoms with Crippen LogP contribution >= 0.6 is 0 Å². The van der Waals surface area contributed by atoms with E-state index in [1.165, 1.54) is 37.9 Å². The first-order chi connectivity index (χ1) is 10.8. The minimum absolute atomic E-state index is 0.942. The lowest BCUT2D eigenvalue weighted by atomic mass is 9.94. The summed E-state index contributed by atoms with van der Waals surface area (Å²) in [5, 5.41) is 7.63. The van der Waals surface area contributed by atoms with Gasteiger partial charge in [0.2, 0.25) is 0 Å². The zero-order chi connectivity index (χ0) is 15.1. The van der Waals surface area contributed by atoms with Gasteiger partial charge in [-0.25, -0.2) is 0 Å². The zero-order valence-corrected chi connectivity index (χ0v) is 12.9. The topological polar surface area (TPSA) is 9.23 Å². The van der Waals surface area contributed by atoms with Gasteiger partial charge in [-0.05, 0) is 45.0 Å². The minimum Gasteiger partial charge on any atom is -0.496 e. The summed E-state index contributed by atoms with van der Waals surface area (Å²) in [5.41, 5.74) is 1.39. The second-order valence-electron chi connectivity index (χ2n) is 5.65. The number of methoxy groups -OCH3 is 1. The lowest BCUT2D eigenvalue weighted by Crippen LogP contribution is -1.89. The van der Waals surface area contributed by atoms with Gasteiger partial charge in [0.1, 0.15) is 5.75 Å². The SMILES string of the molecule is CCc1cccc2c1ccc1c3ccccc3c(OC)cc21. The summed E-state index contributed by atoms with van der Waals surface area (Å²) in [4.78, 5) is 0. The van der Waals surface area contributed by atoms with Crippen LogP contribution in [-0.2, 0) is 6.42 Å². The number of hydrogen-bond donors (Lipinski definition) is 0. The van der Waals surface area contributed by atoms with Gasteiger partial charge in [-0.3, -0.25) is 0 Å². The third-order valence-corrected chi connectivity index (χ3v) is 4.55. The fourth-order valence-corrected chi connectivity index (χ4v) is 3.46. The van der Waals surface area contributed by atoms with Crippen molar-refractivity contribution in [3.8, 4) is 5.75 Å². The summed E-state index contributed by atoms with van der Waals surface area (Å²) in [6.07, 6.45) is 1.05. The van der Waals surface area contributed by atoms with Crippen LogP contribution in [0.5, 0.6) is 5.75 Å². The third-order valence-electron chi connectivity index (χ3n) is 4.55. The summed E-state index contributed by atoms with van der Waals surface area (Å²) >= 11 is 0. The molecule has 0 fully saturated rings. The van der Waals surface area contributed by atoms with Gasteiger partial charge in [-0.1, -0.05) is 61.5 Å². The van der Waals surface area contributed by atoms with Crippen molar-refractivity contribution >= 4 is 32.3 Å². The van der Waals surface area contributed by atoms with Crippen LogP contribution in [0.3, 0.4) is 0 Å². The van der Waals surface area contributed by atoms with Gasteiger partial charge in [0.15, 0.2) is 0 Å². The second-order valence-corrected chi connectivity index (χ2v) is 5.65. The molecule has 0 aliphatic rings. The van der Waals surface area contributed by atoms with Gasteiger partial charge in [0.25, 0.3) is 0 Å². The maximum Gasteiger partial charge on any atom is 0.127 e. The molecule has 0 heterocycles. The van der Waals surface area contributed by atoms with Crippen molar-refractivity contribution in [1.82, 2.24) is 0 Å². The molecule has 22 heavy (non-hydrogen) atoms. The molecular weight excluding hydrogens is 268 g/mol. The van der Waals surface area contributed by atoms with Gasteiger partial charge in [0.05, 0.1) is 7.11 Å². The third kappa shape index (κ3) is 1.79. The molecule has 0 N–H and O–H groups in total. The summed E-state index contributed by atoms with van der Waals surface area (Å²) in [7, 11) is 1.75. The average molecular weight is 286 g/mol. The van der Waals surface area contributed by atoms with Crippen LogP contribution in [0.15, 0.2) is 60.7 Å². The summed E-state index contributed by atoms with van der Waals surface area (Å²) in [5.74, 6) is 0.942. The molecule has 0 radical (unpaired) electrons. The molecule has 0 saturated carbocycles. The fraction of sp³-hybridized carbons (Fsp3) is 0.143. The first-order valence-corrected chi connectivity index (χ1v) is 7.73. The van der Waals surface area contributed by atoms with E-state index < -0.39 is 0 Å². The molecule has 4 rings (SSSR count). The Morgan fingerprint density at radius 2 is 1.32 bits per heavy atom. The van der Waals surface area contributed by atoms with Crippen molar-refractivity contribution in [2.75, 3.05) is 7.11 Å². The van der Waals surface area contributed by atoms with Gasteiger partial charge in [0, 0.05) is 5.39 Å². The molecule has 0 spiro atoms. The number of hydrogen-bond acceptors (Lipinski definition) is 1. The molecule has 0 unspecified atom stereocenters. The Bertz CT molecular complexity index is 999. The predicted molar refractivity (Wildman–Crippen MR) is 94.9 cm³/mol. The highest BCUT2D eigenvalue weighted by atomic mass is 16.5. The molecule has 0 aromatic heterocycles. The Balaban J connectivity index is 2.25. The van der Waals surface area contributed by atoms with Gasteiger partial charge >= 0.3 is 0 Å². The first kappa shape index (κ1) is 13.1. The van der Waals surface area contributed by atoms with Gasteiger partial charge < -0.3 is 4.74 Å². The molecule has 4 aromatic carbocycles. The monoisotopic (exact) mass is 286 g/mol. The predicted octanol–water partition coefficient (Wildman–Crippen LogP) is 5.72. The Morgan fingerprint density at radius 3 is 2.09 bits per heavy atom. The largest absolute Gasteiger partial charge is 0.496 e. The fourth-order valence-electron chi connectivity index (χ4n) is 3.46. The quantitative estimate of drug-likeness (QED) is 0.428. The second kappa shape index (κ2) is 5.03. The van der Waals surface area contributed by atoms with E-state index in [2.05, 4.69) is 67.6 Å². The van der Waals surface area contributed by atoms with Crippen molar-refractivity contribution in [2.24, 2.45) is 0 Å². The normalized spacial score (nSPS) is 11.4. The summed E-state index contributed by atoms with van der Waals surface area (Å²) in [6.45, 7) is 2.21. The number of ether oxygens (including phenoxy) is 1. The highest BCUT2D eigenvalue weighted by Gasteiger charge is 2.10. The molecule has 0 saturated heterocycles. The number of aryl methyl sites for hydroxylation is 1. The molecule has 108 valence electrons. The molecule has 0 bridgehead atoms. The Hall–Kier alpha value is -2.54. The van der Waals surface area contributed by atoms with Crippen LogP contribution in [0.2, 0.25) is 0 Å². The molecule has 0 aliphatic heterocycles. The lowest BCUT2D eigenvalue weighted by Gasteiger charge is -2.13. The lowest BCUT2D eigenvalue weighted by molar-refractivity contribution is 0.420. The van der Waals surface area contributed by atoms with Crippen molar-refractivity contribution in [2.45, 2.75) is 13.3 Å². The Labute approximate surface area is 130 Å². The van der Waals surface area contributed by atoms with E-state index in [0.717, 1.165) is 12.2 Å². The van der Waals surface area contributed by atoms with Crippen LogP contribution < -0.4 is 4.74 Å². The van der Waals surface area contributed by atoms with Crippen molar-refractivity contribution in [3.05, 3.63) is 66.2 Å². The standard InChI is InChI=1S/C21H18O/c1-3-14-7-6-10-16-15(14)11-12-18-17-8-4-5-9-19(17)21(22-2)13-20(16)18/h4-13H,3H2,1-2H3. The Kier molecular flexibility index (Phi) is 3.00. The van der Waals surface area contributed by atoms with Crippen LogP contribution in [-0.4, -0.2) is 7.11 Å². The van der Waals surface area contributed by atoms with Crippen LogP contribution in [0, 0.1) is 0 Å². The van der Waals surface area contributed by atoms with Crippen LogP contribution in [0.1, 0.15) is 12.5 Å². The molecule has 0 aliphatic carbocycles. The smallest absolute Gasteiger partial charge is 0.127 e. The maximum atomic E-state index is 5.64. The van der Waals surface area contributed by atoms with E-state index in [-0.39, 0.29) is 0 Å². The van der Waals surface area contributed by atoms with Crippen LogP contribution in [0.4, 0.5) is 0 Å². The molecule has 1 heteroatoms. The molecule has 1 nitrogen and oxygen atoms in total. The minimum atomic E-state index is 0.942. The average Bonchev–Trinajstić information content (AvgIpc) is 2.60. The molecule has 0 amide bonds. The number of fused-ring (bicyclic) bond motifs is 5. The van der Waals surface area contributed by atoms with Crippen molar-refractivity contribution in [1.29, 1.82) is 0 Å². The highest BCUT2D eigenvalue weighted by molar-refractivity contribution is 6.19. The Morgan fingerprint density at radius 1 is 0.682 bits per heavy atom. The molecular formula is C21H18O. The van der Waals surface area contributed by atoms with Crippen molar-refractivity contribution in [3.63, 3.8) is 0 Å². The highest BCUT2D eigenvalue weighted by Crippen LogP contribution is 2.37. The first-order valence-electron chi connectivity index (χ1n) is 7.73. The van der Waals surface area contributed by atoms with Gasteiger partial charge in [-0.2, -0.15) is 0 Å². The zero-order valence-electron chi connectivity index (χ0n) is 12.9. The summed E-state index contributed by atoms with van der Waals surface area (Å²) in [6, 6.07) is 21.7. The number of rotatable bonds is 2. The van der Waals surface area contributed by atoms with Crippen LogP contribution in [0.25, 0.3) is 32.3 Å².